The van der Waals surface area contributed by atoms with E-state index in [4.69, 9.17) is 4.74 Å². The van der Waals surface area contributed by atoms with Crippen LogP contribution in [0.1, 0.15) is 15.4 Å². The molecule has 0 N–H and O–H groups in total. The van der Waals surface area contributed by atoms with Gasteiger partial charge in [0.05, 0.1) is 13.5 Å². The quantitative estimate of drug-likeness (QED) is 0.784. The number of carbonyl (C=O) groups is 1. The van der Waals surface area contributed by atoms with Gasteiger partial charge in [0.1, 0.15) is 5.01 Å². The van der Waals surface area contributed by atoms with Gasteiger partial charge < -0.3 is 4.74 Å². The Labute approximate surface area is 102 Å². The van der Waals surface area contributed by atoms with Crippen LogP contribution in [0.3, 0.4) is 0 Å². The third-order valence-electron chi connectivity index (χ3n) is 2.27. The Bertz CT molecular complexity index is 525. The van der Waals surface area contributed by atoms with E-state index in [1.165, 1.54) is 36.6 Å². The Morgan fingerprint density at radius 2 is 2.35 bits per heavy atom. The first kappa shape index (κ1) is 11.7. The van der Waals surface area contributed by atoms with E-state index in [0.717, 1.165) is 5.01 Å². The van der Waals surface area contributed by atoms with Crippen molar-refractivity contribution in [3.63, 3.8) is 0 Å². The summed E-state index contributed by atoms with van der Waals surface area (Å²) in [6, 6.07) is 4.09. The molecule has 0 radical (unpaired) electrons. The Hall–Kier alpha value is -1.75. The molecule has 0 saturated heterocycles. The van der Waals surface area contributed by atoms with Gasteiger partial charge in [0.25, 0.3) is 0 Å². The maximum atomic E-state index is 13.2. The highest BCUT2D eigenvalue weighted by molar-refractivity contribution is 7.09. The predicted molar refractivity (Wildman–Crippen MR) is 63.1 cm³/mol. The van der Waals surface area contributed by atoms with Crippen LogP contribution in [0.2, 0.25) is 0 Å². The number of Topliss-reactive ketones (excluding diaryl/α,β-unsaturated/α-hetero) is 1. The van der Waals surface area contributed by atoms with Gasteiger partial charge in [-0.15, -0.1) is 11.3 Å². The molecule has 88 valence electrons. The molecule has 2 aromatic rings. The molecule has 0 aliphatic carbocycles. The highest BCUT2D eigenvalue weighted by Gasteiger charge is 2.11. The molecule has 0 atom stereocenters. The van der Waals surface area contributed by atoms with Gasteiger partial charge in [-0.25, -0.2) is 9.37 Å². The SMILES string of the molecule is COc1cc(C(=O)Cc2nccs2)ccc1F. The van der Waals surface area contributed by atoms with Crippen molar-refractivity contribution in [1.82, 2.24) is 4.98 Å². The third-order valence-corrected chi connectivity index (χ3v) is 3.05. The van der Waals surface area contributed by atoms with Crippen molar-refractivity contribution in [2.24, 2.45) is 0 Å². The number of ketones is 1. The van der Waals surface area contributed by atoms with Crippen molar-refractivity contribution in [2.75, 3.05) is 7.11 Å². The Kier molecular flexibility index (Phi) is 3.49. The molecule has 0 bridgehead atoms. The van der Waals surface area contributed by atoms with E-state index in [-0.39, 0.29) is 18.0 Å². The molecule has 0 amide bonds. The van der Waals surface area contributed by atoms with Crippen LogP contribution in [0.15, 0.2) is 29.8 Å². The van der Waals surface area contributed by atoms with Gasteiger partial charge >= 0.3 is 0 Å². The molecule has 3 nitrogen and oxygen atoms in total. The van der Waals surface area contributed by atoms with E-state index >= 15 is 0 Å². The van der Waals surface area contributed by atoms with Crippen LogP contribution in [0.5, 0.6) is 5.75 Å². The summed E-state index contributed by atoms with van der Waals surface area (Å²) in [7, 11) is 1.37. The number of halogens is 1. The van der Waals surface area contributed by atoms with E-state index < -0.39 is 5.82 Å². The number of hydrogen-bond donors (Lipinski definition) is 0. The number of ether oxygens (including phenoxy) is 1. The summed E-state index contributed by atoms with van der Waals surface area (Å²) in [5, 5.41) is 2.56. The largest absolute Gasteiger partial charge is 0.494 e. The van der Waals surface area contributed by atoms with Crippen LogP contribution < -0.4 is 4.74 Å². The number of benzene rings is 1. The van der Waals surface area contributed by atoms with E-state index in [9.17, 15) is 9.18 Å². The molecule has 1 aromatic carbocycles. The minimum absolute atomic E-state index is 0.0787. The lowest BCUT2D eigenvalue weighted by Gasteiger charge is -2.04. The lowest BCUT2D eigenvalue weighted by atomic mass is 10.1. The molecular weight excluding hydrogens is 241 g/mol. The Balaban J connectivity index is 2.19. The monoisotopic (exact) mass is 251 g/mol. The molecule has 0 aliphatic rings. The maximum absolute atomic E-state index is 13.2. The normalized spacial score (nSPS) is 10.2. The number of carbonyl (C=O) groups excluding carboxylic acids is 1. The average Bonchev–Trinajstić information content (AvgIpc) is 2.82. The fourth-order valence-electron chi connectivity index (χ4n) is 1.41. The molecular formula is C12H10FNO2S. The van der Waals surface area contributed by atoms with Gasteiger partial charge in [-0.3, -0.25) is 4.79 Å². The number of thiazole rings is 1. The van der Waals surface area contributed by atoms with Crippen LogP contribution in [0.25, 0.3) is 0 Å². The first-order valence-corrected chi connectivity index (χ1v) is 5.84. The molecule has 0 aliphatic heterocycles. The van der Waals surface area contributed by atoms with Crippen LogP contribution in [0, 0.1) is 5.82 Å². The van der Waals surface area contributed by atoms with E-state index in [1.54, 1.807) is 6.20 Å². The highest BCUT2D eigenvalue weighted by Crippen LogP contribution is 2.19. The van der Waals surface area contributed by atoms with E-state index in [1.807, 2.05) is 5.38 Å². The zero-order chi connectivity index (χ0) is 12.3. The van der Waals surface area contributed by atoms with Crippen molar-refractivity contribution in [3.05, 3.63) is 46.2 Å². The van der Waals surface area contributed by atoms with Crippen molar-refractivity contribution in [2.45, 2.75) is 6.42 Å². The number of aromatic nitrogens is 1. The molecule has 5 heteroatoms. The summed E-state index contributed by atoms with van der Waals surface area (Å²) in [6.07, 6.45) is 1.88. The smallest absolute Gasteiger partial charge is 0.169 e. The van der Waals surface area contributed by atoms with Gasteiger partial charge in [0, 0.05) is 17.1 Å². The predicted octanol–water partition coefficient (Wildman–Crippen LogP) is 2.72. The average molecular weight is 251 g/mol. The summed E-state index contributed by atoms with van der Waals surface area (Å²) in [5.41, 5.74) is 0.429. The lowest BCUT2D eigenvalue weighted by Crippen LogP contribution is -2.04. The molecule has 0 fully saturated rings. The summed E-state index contributed by atoms with van der Waals surface area (Å²) in [6.45, 7) is 0. The van der Waals surface area contributed by atoms with Crippen LogP contribution in [0.4, 0.5) is 4.39 Å². The van der Waals surface area contributed by atoms with E-state index in [2.05, 4.69) is 4.98 Å². The van der Waals surface area contributed by atoms with Crippen LogP contribution >= 0.6 is 11.3 Å². The van der Waals surface area contributed by atoms with Crippen molar-refractivity contribution in [3.8, 4) is 5.75 Å². The number of nitrogens with zero attached hydrogens (tertiary/aromatic N) is 1. The van der Waals surface area contributed by atoms with Gasteiger partial charge in [0.2, 0.25) is 0 Å². The van der Waals surface area contributed by atoms with E-state index in [0.29, 0.717) is 5.56 Å². The van der Waals surface area contributed by atoms with Crippen molar-refractivity contribution < 1.29 is 13.9 Å². The van der Waals surface area contributed by atoms with Crippen LogP contribution in [-0.4, -0.2) is 17.9 Å². The van der Waals surface area contributed by atoms with Gasteiger partial charge in [-0.05, 0) is 18.2 Å². The Morgan fingerprint density at radius 1 is 1.53 bits per heavy atom. The fraction of sp³-hybridized carbons (Fsp3) is 0.167. The van der Waals surface area contributed by atoms with Crippen molar-refractivity contribution in [1.29, 1.82) is 0 Å². The summed E-state index contributed by atoms with van der Waals surface area (Å²) < 4.78 is 18.0. The molecule has 1 heterocycles. The Morgan fingerprint density at radius 3 is 3.00 bits per heavy atom. The van der Waals surface area contributed by atoms with Gasteiger partial charge in [0.15, 0.2) is 17.3 Å². The van der Waals surface area contributed by atoms with Gasteiger partial charge in [-0.1, -0.05) is 0 Å². The second-order valence-corrected chi connectivity index (χ2v) is 4.35. The molecule has 1 aromatic heterocycles. The highest BCUT2D eigenvalue weighted by atomic mass is 32.1. The first-order valence-electron chi connectivity index (χ1n) is 4.96. The zero-order valence-electron chi connectivity index (χ0n) is 9.14. The molecule has 0 unspecified atom stereocenters. The zero-order valence-corrected chi connectivity index (χ0v) is 9.96. The summed E-state index contributed by atoms with van der Waals surface area (Å²) >= 11 is 1.42. The lowest BCUT2D eigenvalue weighted by molar-refractivity contribution is 0.0992. The van der Waals surface area contributed by atoms with Gasteiger partial charge in [-0.2, -0.15) is 0 Å². The number of hydrogen-bond acceptors (Lipinski definition) is 4. The summed E-state index contributed by atoms with van der Waals surface area (Å²) in [5.74, 6) is -0.494. The number of methoxy groups -OCH3 is 1. The maximum Gasteiger partial charge on any atom is 0.169 e. The second-order valence-electron chi connectivity index (χ2n) is 3.38. The number of rotatable bonds is 4. The third kappa shape index (κ3) is 2.68. The van der Waals surface area contributed by atoms with Crippen molar-refractivity contribution >= 4 is 17.1 Å². The van der Waals surface area contributed by atoms with Crippen LogP contribution in [-0.2, 0) is 6.42 Å². The minimum Gasteiger partial charge on any atom is -0.494 e. The topological polar surface area (TPSA) is 39.2 Å². The second kappa shape index (κ2) is 5.05. The molecule has 17 heavy (non-hydrogen) atoms. The first-order chi connectivity index (χ1) is 8.20. The standard InChI is InChI=1S/C12H10FNO2S/c1-16-11-6-8(2-3-9(11)13)10(15)7-12-14-4-5-17-12/h2-6H,7H2,1H3. The summed E-state index contributed by atoms with van der Waals surface area (Å²) in [4.78, 5) is 15.9. The minimum atomic E-state index is -0.474. The molecule has 0 spiro atoms. The fourth-order valence-corrected chi connectivity index (χ4v) is 2.03. The molecule has 2 rings (SSSR count). The molecule has 0 saturated carbocycles.